The van der Waals surface area contributed by atoms with Gasteiger partial charge in [-0.2, -0.15) is 13.2 Å². The zero-order valence-corrected chi connectivity index (χ0v) is 8.75. The number of alkyl halides is 3. The highest BCUT2D eigenvalue weighted by Crippen LogP contribution is 2.39. The van der Waals surface area contributed by atoms with Crippen LogP contribution in [0.5, 0.6) is 0 Å². The molecular formula is C9H10F3N3O2. The highest BCUT2D eigenvalue weighted by molar-refractivity contribution is 5.83. The molecule has 0 aliphatic rings. The van der Waals surface area contributed by atoms with Crippen LogP contribution in [0.2, 0.25) is 0 Å². The number of nitrogens with zero attached hydrogens (tertiary/aromatic N) is 1. The first-order valence-electron chi connectivity index (χ1n) is 4.42. The maximum atomic E-state index is 12.8. The number of carbonyl (C=O) groups is 1. The van der Waals surface area contributed by atoms with E-state index in [2.05, 4.69) is 4.98 Å². The van der Waals surface area contributed by atoms with Gasteiger partial charge in [-0.3, -0.25) is 0 Å². The summed E-state index contributed by atoms with van der Waals surface area (Å²) in [6.07, 6.45) is -3.96. The van der Waals surface area contributed by atoms with Crippen molar-refractivity contribution in [2.45, 2.75) is 18.6 Å². The minimum absolute atomic E-state index is 0.328. The number of pyridine rings is 1. The van der Waals surface area contributed by atoms with Crippen LogP contribution >= 0.6 is 0 Å². The van der Waals surface area contributed by atoms with Crippen molar-refractivity contribution >= 4 is 11.8 Å². The van der Waals surface area contributed by atoms with Crippen LogP contribution in [0.3, 0.4) is 0 Å². The van der Waals surface area contributed by atoms with Gasteiger partial charge in [0.25, 0.3) is 0 Å². The van der Waals surface area contributed by atoms with Gasteiger partial charge < -0.3 is 16.6 Å². The Morgan fingerprint density at radius 3 is 2.41 bits per heavy atom. The number of hydrogen-bond donors (Lipinski definition) is 3. The topological polar surface area (TPSA) is 102 Å². The fourth-order valence-corrected chi connectivity index (χ4v) is 1.28. The van der Waals surface area contributed by atoms with Gasteiger partial charge in [0.2, 0.25) is 5.54 Å². The zero-order valence-electron chi connectivity index (χ0n) is 8.75. The van der Waals surface area contributed by atoms with Gasteiger partial charge in [0.15, 0.2) is 0 Å². The van der Waals surface area contributed by atoms with Crippen molar-refractivity contribution < 1.29 is 23.1 Å². The van der Waals surface area contributed by atoms with E-state index in [-0.39, 0.29) is 0 Å². The molecule has 0 fully saturated rings. The summed E-state index contributed by atoms with van der Waals surface area (Å²) in [5.74, 6) is -2.79. The van der Waals surface area contributed by atoms with Gasteiger partial charge in [0, 0.05) is 11.8 Å². The maximum Gasteiger partial charge on any atom is 0.421 e. The van der Waals surface area contributed by atoms with E-state index in [9.17, 15) is 18.0 Å². The highest BCUT2D eigenvalue weighted by atomic mass is 19.4. The molecule has 1 aromatic heterocycles. The number of hydrogen-bond acceptors (Lipinski definition) is 4. The number of aromatic nitrogens is 1. The Morgan fingerprint density at radius 1 is 1.47 bits per heavy atom. The first kappa shape index (κ1) is 13.2. The van der Waals surface area contributed by atoms with Crippen molar-refractivity contribution in [2.24, 2.45) is 5.73 Å². The van der Waals surface area contributed by atoms with Crippen LogP contribution in [0.1, 0.15) is 11.1 Å². The summed E-state index contributed by atoms with van der Waals surface area (Å²) in [4.78, 5) is 14.3. The van der Waals surface area contributed by atoms with E-state index in [1.807, 2.05) is 0 Å². The molecular weight excluding hydrogens is 239 g/mol. The molecule has 1 unspecified atom stereocenters. The lowest BCUT2D eigenvalue weighted by Crippen LogP contribution is -2.57. The average molecular weight is 249 g/mol. The van der Waals surface area contributed by atoms with E-state index in [0.717, 1.165) is 6.07 Å². The predicted molar refractivity (Wildman–Crippen MR) is 52.9 cm³/mol. The normalized spacial score (nSPS) is 15.4. The van der Waals surface area contributed by atoms with Gasteiger partial charge in [-0.15, -0.1) is 0 Å². The standard InChI is InChI=1S/C9H10F3N3O2/c1-4-2-5(6(13)15-3-4)8(14,7(16)17)9(10,11)12/h2-3H,14H2,1H3,(H2,13,15)(H,16,17). The summed E-state index contributed by atoms with van der Waals surface area (Å²) in [5.41, 5.74) is 6.22. The van der Waals surface area contributed by atoms with Crippen molar-refractivity contribution in [1.82, 2.24) is 4.98 Å². The molecule has 94 valence electrons. The number of carboxylic acids is 1. The van der Waals surface area contributed by atoms with Gasteiger partial charge in [-0.05, 0) is 18.6 Å². The molecule has 0 bridgehead atoms. The summed E-state index contributed by atoms with van der Waals surface area (Å²) in [6, 6.07) is 0.962. The Labute approximate surface area is 94.2 Å². The van der Waals surface area contributed by atoms with Gasteiger partial charge in [0.1, 0.15) is 5.82 Å². The number of aliphatic carboxylic acids is 1. The molecule has 1 aromatic rings. The van der Waals surface area contributed by atoms with Crippen molar-refractivity contribution in [1.29, 1.82) is 0 Å². The molecule has 8 heteroatoms. The molecule has 0 aliphatic heterocycles. The van der Waals surface area contributed by atoms with Crippen molar-refractivity contribution in [3.63, 3.8) is 0 Å². The van der Waals surface area contributed by atoms with E-state index in [4.69, 9.17) is 16.6 Å². The Balaban J connectivity index is 3.54. The van der Waals surface area contributed by atoms with Crippen LogP contribution in [0.15, 0.2) is 12.3 Å². The average Bonchev–Trinajstić information content (AvgIpc) is 2.18. The molecule has 5 nitrogen and oxygen atoms in total. The van der Waals surface area contributed by atoms with Gasteiger partial charge in [-0.1, -0.05) is 0 Å². The molecule has 1 atom stereocenters. The summed E-state index contributed by atoms with van der Waals surface area (Å²) >= 11 is 0. The zero-order chi connectivity index (χ0) is 13.4. The quantitative estimate of drug-likeness (QED) is 0.718. The molecule has 0 aliphatic carbocycles. The number of carboxylic acid groups (broad SMARTS) is 1. The number of aryl methyl sites for hydroxylation is 1. The Morgan fingerprint density at radius 2 is 2.00 bits per heavy atom. The first-order chi connectivity index (χ1) is 7.60. The second-order valence-electron chi connectivity index (χ2n) is 3.56. The lowest BCUT2D eigenvalue weighted by Gasteiger charge is -2.28. The SMILES string of the molecule is Cc1cnc(N)c(C(N)(C(=O)O)C(F)(F)F)c1. The molecule has 1 heterocycles. The maximum absolute atomic E-state index is 12.8. The molecule has 0 saturated carbocycles. The molecule has 1 rings (SSSR count). The van der Waals surface area contributed by atoms with Crippen LogP contribution < -0.4 is 11.5 Å². The fraction of sp³-hybridized carbons (Fsp3) is 0.333. The molecule has 0 spiro atoms. The van der Waals surface area contributed by atoms with E-state index in [1.54, 1.807) is 0 Å². The predicted octanol–water partition coefficient (Wildman–Crippen LogP) is 0.773. The second-order valence-corrected chi connectivity index (χ2v) is 3.56. The summed E-state index contributed by atoms with van der Waals surface area (Å²) in [6.45, 7) is 1.45. The van der Waals surface area contributed by atoms with Crippen LogP contribution in [-0.2, 0) is 10.3 Å². The van der Waals surface area contributed by atoms with E-state index >= 15 is 0 Å². The van der Waals surface area contributed by atoms with Gasteiger partial charge >= 0.3 is 12.1 Å². The Bertz CT molecular complexity index is 461. The number of nitrogens with two attached hydrogens (primary N) is 2. The van der Waals surface area contributed by atoms with Crippen LogP contribution in [-0.4, -0.2) is 22.2 Å². The largest absolute Gasteiger partial charge is 0.479 e. The molecule has 17 heavy (non-hydrogen) atoms. The Kier molecular flexibility index (Phi) is 3.02. The third-order valence-electron chi connectivity index (χ3n) is 2.26. The van der Waals surface area contributed by atoms with Crippen molar-refractivity contribution in [3.05, 3.63) is 23.4 Å². The highest BCUT2D eigenvalue weighted by Gasteiger charge is 2.60. The molecule has 0 aromatic carbocycles. The molecule has 0 saturated heterocycles. The van der Waals surface area contributed by atoms with Crippen molar-refractivity contribution in [3.8, 4) is 0 Å². The first-order valence-corrected chi connectivity index (χ1v) is 4.42. The minimum atomic E-state index is -5.18. The van der Waals surface area contributed by atoms with E-state index in [1.165, 1.54) is 13.1 Å². The van der Waals surface area contributed by atoms with Crippen molar-refractivity contribution in [2.75, 3.05) is 5.73 Å². The number of halogens is 3. The van der Waals surface area contributed by atoms with Gasteiger partial charge in [-0.25, -0.2) is 9.78 Å². The van der Waals surface area contributed by atoms with E-state index < -0.39 is 29.1 Å². The van der Waals surface area contributed by atoms with Crippen LogP contribution in [0.25, 0.3) is 0 Å². The lowest BCUT2D eigenvalue weighted by molar-refractivity contribution is -0.204. The lowest BCUT2D eigenvalue weighted by atomic mass is 9.90. The fourth-order valence-electron chi connectivity index (χ4n) is 1.28. The summed E-state index contributed by atoms with van der Waals surface area (Å²) < 4.78 is 38.3. The Hall–Kier alpha value is -1.83. The molecule has 0 radical (unpaired) electrons. The smallest absolute Gasteiger partial charge is 0.421 e. The van der Waals surface area contributed by atoms with E-state index in [0.29, 0.717) is 5.56 Å². The molecule has 0 amide bonds. The third-order valence-corrected chi connectivity index (χ3v) is 2.26. The summed E-state index contributed by atoms with van der Waals surface area (Å²) in [5, 5.41) is 8.71. The number of anilines is 1. The van der Waals surface area contributed by atoms with Crippen LogP contribution in [0, 0.1) is 6.92 Å². The third kappa shape index (κ3) is 2.03. The number of rotatable bonds is 2. The molecule has 5 N–H and O–H groups in total. The monoisotopic (exact) mass is 249 g/mol. The van der Waals surface area contributed by atoms with Gasteiger partial charge in [0.05, 0.1) is 0 Å². The second kappa shape index (κ2) is 3.88. The minimum Gasteiger partial charge on any atom is -0.479 e. The number of nitrogen functional groups attached to an aromatic ring is 1. The van der Waals surface area contributed by atoms with Crippen LogP contribution in [0.4, 0.5) is 19.0 Å². The summed E-state index contributed by atoms with van der Waals surface area (Å²) in [7, 11) is 0.